The lowest BCUT2D eigenvalue weighted by Gasteiger charge is -2.43. The summed E-state index contributed by atoms with van der Waals surface area (Å²) in [5, 5.41) is 6.58. The number of methoxy groups -OCH3 is 1. The van der Waals surface area contributed by atoms with Crippen molar-refractivity contribution in [2.45, 2.75) is 50.3 Å². The minimum atomic E-state index is -0.559. The maximum atomic E-state index is 12.4. The van der Waals surface area contributed by atoms with Crippen LogP contribution in [0.4, 0.5) is 5.82 Å². The Labute approximate surface area is 145 Å². The van der Waals surface area contributed by atoms with E-state index < -0.39 is 5.60 Å². The summed E-state index contributed by atoms with van der Waals surface area (Å²) in [7, 11) is 1.56. The monoisotopic (exact) mass is 352 g/mol. The highest BCUT2D eigenvalue weighted by Crippen LogP contribution is 2.57. The summed E-state index contributed by atoms with van der Waals surface area (Å²) in [5.41, 5.74) is -0.347. The highest BCUT2D eigenvalue weighted by atomic mass is 35.5. The fraction of sp³-hybridized carbons (Fsp3) is 0.688. The van der Waals surface area contributed by atoms with Gasteiger partial charge in [-0.05, 0) is 42.7 Å². The van der Waals surface area contributed by atoms with Gasteiger partial charge in [0.05, 0.1) is 19.9 Å². The Bertz CT molecular complexity index is 671. The zero-order valence-corrected chi connectivity index (χ0v) is 14.5. The maximum Gasteiger partial charge on any atom is 0.252 e. The summed E-state index contributed by atoms with van der Waals surface area (Å²) in [4.78, 5) is 20.5. The molecule has 1 amide bonds. The predicted octanol–water partition coefficient (Wildman–Crippen LogP) is 1.77. The number of anilines is 1. The van der Waals surface area contributed by atoms with E-state index in [9.17, 15) is 4.79 Å². The number of nitrogens with zero attached hydrogens (tertiary/aromatic N) is 2. The standard InChI is InChI=1S/C16H21ClN4O3/c1-15-6-16(7-15,24-8-15)13(22)20-10-3-9(4-10)19-12-11(23-2)5-18-14(17)21-12/h5,9-10H,3-4,6-8H2,1-2H3,(H,20,22)(H,18,19,21). The van der Waals surface area contributed by atoms with Gasteiger partial charge in [-0.2, -0.15) is 4.98 Å². The Hall–Kier alpha value is -1.60. The van der Waals surface area contributed by atoms with E-state index in [0.29, 0.717) is 18.2 Å². The molecule has 3 heterocycles. The van der Waals surface area contributed by atoms with Crippen molar-refractivity contribution in [2.24, 2.45) is 5.41 Å². The lowest BCUT2D eigenvalue weighted by atomic mass is 9.63. The molecule has 4 fully saturated rings. The molecule has 0 atom stereocenters. The molecular formula is C16H21ClN4O3. The van der Waals surface area contributed by atoms with Crippen molar-refractivity contribution in [3.8, 4) is 5.75 Å². The highest BCUT2D eigenvalue weighted by Gasteiger charge is 2.64. The van der Waals surface area contributed by atoms with Crippen LogP contribution in [0.15, 0.2) is 6.20 Å². The molecule has 2 aliphatic carbocycles. The number of carbonyl (C=O) groups excluding carboxylic acids is 1. The van der Waals surface area contributed by atoms with Crippen molar-refractivity contribution in [3.63, 3.8) is 0 Å². The number of aromatic nitrogens is 2. The molecular weight excluding hydrogens is 332 g/mol. The van der Waals surface area contributed by atoms with E-state index in [0.717, 1.165) is 25.7 Å². The first-order valence-corrected chi connectivity index (χ1v) is 8.57. The third kappa shape index (κ3) is 2.59. The number of nitrogens with one attached hydrogen (secondary N) is 2. The van der Waals surface area contributed by atoms with Crippen LogP contribution in [0.3, 0.4) is 0 Å². The van der Waals surface area contributed by atoms with Gasteiger partial charge < -0.3 is 20.1 Å². The number of amides is 1. The molecule has 24 heavy (non-hydrogen) atoms. The summed E-state index contributed by atoms with van der Waals surface area (Å²) in [6.45, 7) is 2.87. The van der Waals surface area contributed by atoms with Gasteiger partial charge in [0.1, 0.15) is 5.60 Å². The first kappa shape index (κ1) is 15.9. The third-order valence-corrected chi connectivity index (χ3v) is 5.48. The quantitative estimate of drug-likeness (QED) is 0.785. The van der Waals surface area contributed by atoms with Gasteiger partial charge in [-0.15, -0.1) is 0 Å². The minimum absolute atomic E-state index is 0.0450. The lowest BCUT2D eigenvalue weighted by molar-refractivity contribution is -0.146. The molecule has 8 heteroatoms. The molecule has 2 saturated carbocycles. The zero-order chi connectivity index (χ0) is 16.9. The molecule has 7 nitrogen and oxygen atoms in total. The molecule has 4 aliphatic rings. The van der Waals surface area contributed by atoms with Crippen molar-refractivity contribution in [2.75, 3.05) is 19.0 Å². The summed E-state index contributed by atoms with van der Waals surface area (Å²) in [6.07, 6.45) is 4.90. The molecule has 0 radical (unpaired) electrons. The van der Waals surface area contributed by atoms with E-state index in [1.165, 1.54) is 0 Å². The molecule has 0 unspecified atom stereocenters. The van der Waals surface area contributed by atoms with Crippen LogP contribution in [-0.4, -0.2) is 47.3 Å². The van der Waals surface area contributed by atoms with Gasteiger partial charge in [-0.3, -0.25) is 4.79 Å². The molecule has 2 saturated heterocycles. The van der Waals surface area contributed by atoms with Gasteiger partial charge in [0.15, 0.2) is 11.6 Å². The molecule has 2 bridgehead atoms. The van der Waals surface area contributed by atoms with Gasteiger partial charge in [0, 0.05) is 12.1 Å². The second-order valence-corrected chi connectivity index (χ2v) is 7.82. The van der Waals surface area contributed by atoms with Gasteiger partial charge >= 0.3 is 0 Å². The number of fused-ring (bicyclic) bond motifs is 1. The largest absolute Gasteiger partial charge is 0.491 e. The van der Waals surface area contributed by atoms with Gasteiger partial charge in [-0.25, -0.2) is 4.98 Å². The molecule has 0 spiro atoms. The maximum absolute atomic E-state index is 12.4. The normalized spacial score (nSPS) is 36.5. The van der Waals surface area contributed by atoms with Crippen LogP contribution in [0.5, 0.6) is 5.75 Å². The molecule has 130 valence electrons. The van der Waals surface area contributed by atoms with Crippen LogP contribution < -0.4 is 15.4 Å². The Morgan fingerprint density at radius 2 is 2.17 bits per heavy atom. The Kier molecular flexibility index (Phi) is 3.61. The lowest BCUT2D eigenvalue weighted by Crippen LogP contribution is -2.59. The van der Waals surface area contributed by atoms with Gasteiger partial charge in [0.25, 0.3) is 5.91 Å². The van der Waals surface area contributed by atoms with E-state index in [1.807, 2.05) is 0 Å². The van der Waals surface area contributed by atoms with E-state index in [2.05, 4.69) is 27.5 Å². The first-order chi connectivity index (χ1) is 11.4. The average molecular weight is 353 g/mol. The van der Waals surface area contributed by atoms with E-state index >= 15 is 0 Å². The number of hydrogen-bond donors (Lipinski definition) is 2. The van der Waals surface area contributed by atoms with Crippen LogP contribution >= 0.6 is 11.6 Å². The number of rotatable bonds is 5. The third-order valence-electron chi connectivity index (χ3n) is 5.30. The molecule has 0 aromatic carbocycles. The van der Waals surface area contributed by atoms with Crippen molar-refractivity contribution < 1.29 is 14.3 Å². The van der Waals surface area contributed by atoms with E-state index in [4.69, 9.17) is 21.1 Å². The zero-order valence-electron chi connectivity index (χ0n) is 13.8. The summed E-state index contributed by atoms with van der Waals surface area (Å²) >= 11 is 5.83. The van der Waals surface area contributed by atoms with Crippen molar-refractivity contribution in [1.29, 1.82) is 0 Å². The average Bonchev–Trinajstić information content (AvgIpc) is 2.99. The number of halogens is 1. The first-order valence-electron chi connectivity index (χ1n) is 8.19. The number of hydrogen-bond acceptors (Lipinski definition) is 6. The Morgan fingerprint density at radius 1 is 1.42 bits per heavy atom. The number of carbonyl (C=O) groups is 1. The van der Waals surface area contributed by atoms with Crippen molar-refractivity contribution in [1.82, 2.24) is 15.3 Å². The second kappa shape index (κ2) is 5.46. The topological polar surface area (TPSA) is 85.4 Å². The van der Waals surface area contributed by atoms with Crippen LogP contribution in [0.2, 0.25) is 5.28 Å². The molecule has 2 aliphatic heterocycles. The predicted molar refractivity (Wildman–Crippen MR) is 88.2 cm³/mol. The highest BCUT2D eigenvalue weighted by molar-refractivity contribution is 6.28. The summed E-state index contributed by atoms with van der Waals surface area (Å²) in [6, 6.07) is 0.396. The molecule has 2 N–H and O–H groups in total. The summed E-state index contributed by atoms with van der Waals surface area (Å²) < 4.78 is 11.0. The summed E-state index contributed by atoms with van der Waals surface area (Å²) in [5.74, 6) is 1.18. The molecule has 1 aromatic heterocycles. The fourth-order valence-electron chi connectivity index (χ4n) is 4.04. The SMILES string of the molecule is COc1cnc(Cl)nc1NC1CC(NC(=O)C23CC(C)(CO2)C3)C1. The Balaban J connectivity index is 1.28. The van der Waals surface area contributed by atoms with Crippen LogP contribution in [0.25, 0.3) is 0 Å². The fourth-order valence-corrected chi connectivity index (χ4v) is 4.17. The smallest absolute Gasteiger partial charge is 0.252 e. The second-order valence-electron chi connectivity index (χ2n) is 7.49. The van der Waals surface area contributed by atoms with Crippen molar-refractivity contribution >= 4 is 23.3 Å². The van der Waals surface area contributed by atoms with Crippen LogP contribution in [0.1, 0.15) is 32.6 Å². The number of ether oxygens (including phenoxy) is 2. The Morgan fingerprint density at radius 3 is 2.79 bits per heavy atom. The van der Waals surface area contributed by atoms with E-state index in [-0.39, 0.29) is 28.7 Å². The van der Waals surface area contributed by atoms with E-state index in [1.54, 1.807) is 13.3 Å². The van der Waals surface area contributed by atoms with Crippen LogP contribution in [0, 0.1) is 5.41 Å². The van der Waals surface area contributed by atoms with Crippen LogP contribution in [-0.2, 0) is 9.53 Å². The van der Waals surface area contributed by atoms with Crippen molar-refractivity contribution in [3.05, 3.63) is 11.5 Å². The van der Waals surface area contributed by atoms with Gasteiger partial charge in [0.2, 0.25) is 5.28 Å². The molecule has 5 rings (SSSR count). The minimum Gasteiger partial charge on any atom is -0.491 e. The van der Waals surface area contributed by atoms with Gasteiger partial charge in [-0.1, -0.05) is 6.92 Å². The molecule has 1 aromatic rings.